The summed E-state index contributed by atoms with van der Waals surface area (Å²) in [7, 11) is 3.20. The van der Waals surface area contributed by atoms with Crippen molar-refractivity contribution in [3.8, 4) is 11.5 Å². The molecule has 0 amide bonds. The average molecular weight is 317 g/mol. The molecular formula is C12H11BrClNO2. The third kappa shape index (κ3) is 2.07. The second-order valence-corrected chi connectivity index (χ2v) is 4.76. The number of fused-ring (bicyclic) bond motifs is 1. The van der Waals surface area contributed by atoms with E-state index in [-0.39, 0.29) is 0 Å². The molecule has 5 heteroatoms. The molecule has 0 aliphatic heterocycles. The second-order valence-electron chi connectivity index (χ2n) is 3.58. The fourth-order valence-corrected chi connectivity index (χ4v) is 2.93. The zero-order valence-corrected chi connectivity index (χ0v) is 12.0. The van der Waals surface area contributed by atoms with Crippen LogP contribution in [-0.4, -0.2) is 19.2 Å². The van der Waals surface area contributed by atoms with Gasteiger partial charge in [0, 0.05) is 11.5 Å². The maximum atomic E-state index is 5.95. The van der Waals surface area contributed by atoms with Gasteiger partial charge in [0.25, 0.3) is 0 Å². The van der Waals surface area contributed by atoms with E-state index in [1.165, 1.54) is 0 Å². The predicted octanol–water partition coefficient (Wildman–Crippen LogP) is 3.98. The summed E-state index contributed by atoms with van der Waals surface area (Å²) in [5.74, 6) is 1.29. The molecule has 0 N–H and O–H groups in total. The average Bonchev–Trinajstić information content (AvgIpc) is 2.27. The minimum Gasteiger partial charge on any atom is -0.493 e. The summed E-state index contributed by atoms with van der Waals surface area (Å²) in [6.45, 7) is 1.98. The molecule has 0 fully saturated rings. The van der Waals surface area contributed by atoms with Gasteiger partial charge in [0.2, 0.25) is 0 Å². The fraction of sp³-hybridized carbons (Fsp3) is 0.250. The van der Waals surface area contributed by atoms with Crippen LogP contribution in [0.4, 0.5) is 0 Å². The molecule has 1 aromatic carbocycles. The van der Waals surface area contributed by atoms with Crippen molar-refractivity contribution in [2.75, 3.05) is 14.2 Å². The van der Waals surface area contributed by atoms with E-state index < -0.39 is 0 Å². The number of hydrogen-bond acceptors (Lipinski definition) is 3. The summed E-state index contributed by atoms with van der Waals surface area (Å²) in [5, 5.41) is 1.45. The Kier molecular flexibility index (Phi) is 3.45. The van der Waals surface area contributed by atoms with Crippen LogP contribution in [0.1, 0.15) is 5.56 Å². The zero-order chi connectivity index (χ0) is 12.6. The molecule has 0 unspecified atom stereocenters. The number of nitrogens with zero attached hydrogens (tertiary/aromatic N) is 1. The van der Waals surface area contributed by atoms with Crippen molar-refractivity contribution < 1.29 is 9.47 Å². The maximum absolute atomic E-state index is 5.95. The Morgan fingerprint density at radius 1 is 1.24 bits per heavy atom. The van der Waals surface area contributed by atoms with Crippen molar-refractivity contribution in [3.63, 3.8) is 0 Å². The predicted molar refractivity (Wildman–Crippen MR) is 72.3 cm³/mol. The molecule has 1 heterocycles. The van der Waals surface area contributed by atoms with E-state index in [1.807, 2.05) is 19.1 Å². The van der Waals surface area contributed by atoms with E-state index in [0.717, 1.165) is 20.9 Å². The van der Waals surface area contributed by atoms with Gasteiger partial charge in [-0.25, -0.2) is 4.98 Å². The van der Waals surface area contributed by atoms with Crippen LogP contribution in [-0.2, 0) is 0 Å². The molecule has 0 saturated carbocycles. The highest BCUT2D eigenvalue weighted by molar-refractivity contribution is 9.10. The van der Waals surface area contributed by atoms with Crippen LogP contribution < -0.4 is 9.47 Å². The van der Waals surface area contributed by atoms with Gasteiger partial charge in [-0.15, -0.1) is 0 Å². The minimum atomic E-state index is 0.467. The van der Waals surface area contributed by atoms with Gasteiger partial charge in [-0.05, 0) is 34.5 Å². The maximum Gasteiger partial charge on any atom is 0.175 e. The molecule has 0 saturated heterocycles. The van der Waals surface area contributed by atoms with Crippen LogP contribution in [0, 0.1) is 6.92 Å². The van der Waals surface area contributed by atoms with Gasteiger partial charge in [0.05, 0.1) is 24.2 Å². The van der Waals surface area contributed by atoms with Crippen molar-refractivity contribution >= 4 is 38.4 Å². The number of hydrogen-bond donors (Lipinski definition) is 0. The molecule has 1 aromatic heterocycles. The van der Waals surface area contributed by atoms with Gasteiger partial charge in [-0.1, -0.05) is 11.6 Å². The molecule has 0 radical (unpaired) electrons. The molecule has 2 aromatic rings. The number of halogens is 2. The molecule has 0 atom stereocenters. The molecule has 17 heavy (non-hydrogen) atoms. The van der Waals surface area contributed by atoms with E-state index in [1.54, 1.807) is 14.2 Å². The lowest BCUT2D eigenvalue weighted by atomic mass is 10.1. The highest BCUT2D eigenvalue weighted by Crippen LogP contribution is 2.42. The Morgan fingerprint density at radius 2 is 1.94 bits per heavy atom. The molecule has 2 rings (SSSR count). The van der Waals surface area contributed by atoms with Crippen LogP contribution in [0.15, 0.2) is 16.6 Å². The summed E-state index contributed by atoms with van der Waals surface area (Å²) in [4.78, 5) is 4.28. The first-order chi connectivity index (χ1) is 8.08. The molecular weight excluding hydrogens is 305 g/mol. The van der Waals surface area contributed by atoms with Gasteiger partial charge in [-0.2, -0.15) is 0 Å². The van der Waals surface area contributed by atoms with E-state index in [2.05, 4.69) is 20.9 Å². The largest absolute Gasteiger partial charge is 0.493 e. The van der Waals surface area contributed by atoms with E-state index in [9.17, 15) is 0 Å². The van der Waals surface area contributed by atoms with Gasteiger partial charge in [-0.3, -0.25) is 0 Å². The van der Waals surface area contributed by atoms with Gasteiger partial charge in [0.1, 0.15) is 5.15 Å². The van der Waals surface area contributed by atoms with E-state index >= 15 is 0 Å². The molecule has 0 aliphatic carbocycles. The molecule has 0 spiro atoms. The van der Waals surface area contributed by atoms with Crippen molar-refractivity contribution in [1.82, 2.24) is 4.98 Å². The third-order valence-corrected chi connectivity index (χ3v) is 3.50. The highest BCUT2D eigenvalue weighted by Gasteiger charge is 2.15. The van der Waals surface area contributed by atoms with Crippen molar-refractivity contribution in [2.45, 2.75) is 6.92 Å². The Morgan fingerprint density at radius 3 is 2.53 bits per heavy atom. The Hall–Kier alpha value is -1.00. The lowest BCUT2D eigenvalue weighted by Gasteiger charge is -2.13. The third-order valence-electron chi connectivity index (χ3n) is 2.55. The molecule has 90 valence electrons. The topological polar surface area (TPSA) is 31.4 Å². The summed E-state index contributed by atoms with van der Waals surface area (Å²) in [5.41, 5.74) is 1.81. The number of aromatic nitrogens is 1. The quantitative estimate of drug-likeness (QED) is 0.785. The van der Waals surface area contributed by atoms with Crippen molar-refractivity contribution in [2.24, 2.45) is 0 Å². The molecule has 0 aliphatic rings. The van der Waals surface area contributed by atoms with Crippen molar-refractivity contribution in [3.05, 3.63) is 27.3 Å². The lowest BCUT2D eigenvalue weighted by Crippen LogP contribution is -1.95. The van der Waals surface area contributed by atoms with Crippen LogP contribution in [0.25, 0.3) is 10.9 Å². The first-order valence-electron chi connectivity index (χ1n) is 4.95. The smallest absolute Gasteiger partial charge is 0.175 e. The lowest BCUT2D eigenvalue weighted by molar-refractivity contribution is 0.354. The SMILES string of the molecule is COc1cc2nc(Cl)cc(C)c2c(Br)c1OC. The van der Waals surface area contributed by atoms with E-state index in [0.29, 0.717) is 16.7 Å². The monoisotopic (exact) mass is 315 g/mol. The first kappa shape index (κ1) is 12.5. The Labute approximate surface area is 113 Å². The fourth-order valence-electron chi connectivity index (χ4n) is 1.80. The zero-order valence-electron chi connectivity index (χ0n) is 9.67. The standard InChI is InChI=1S/C12H11BrClNO2/c1-6-4-9(14)15-7-5-8(16-2)12(17-3)11(13)10(6)7/h4-5H,1-3H3. The summed E-state index contributed by atoms with van der Waals surface area (Å²) < 4.78 is 11.4. The van der Waals surface area contributed by atoms with Gasteiger partial charge in [0.15, 0.2) is 11.5 Å². The molecule has 0 bridgehead atoms. The van der Waals surface area contributed by atoms with Crippen LogP contribution in [0.5, 0.6) is 11.5 Å². The Bertz CT molecular complexity index is 586. The number of benzene rings is 1. The number of aryl methyl sites for hydroxylation is 1. The normalized spacial score (nSPS) is 10.6. The minimum absolute atomic E-state index is 0.467. The molecule has 3 nitrogen and oxygen atoms in total. The van der Waals surface area contributed by atoms with Crippen molar-refractivity contribution in [1.29, 1.82) is 0 Å². The van der Waals surface area contributed by atoms with Crippen LogP contribution in [0.3, 0.4) is 0 Å². The summed E-state index contributed by atoms with van der Waals surface area (Å²) in [6, 6.07) is 3.64. The van der Waals surface area contributed by atoms with Crippen LogP contribution in [0.2, 0.25) is 5.15 Å². The Balaban J connectivity index is 2.90. The number of rotatable bonds is 2. The highest BCUT2D eigenvalue weighted by atomic mass is 79.9. The number of pyridine rings is 1. The van der Waals surface area contributed by atoms with Gasteiger partial charge < -0.3 is 9.47 Å². The second kappa shape index (κ2) is 4.70. The van der Waals surface area contributed by atoms with Gasteiger partial charge >= 0.3 is 0 Å². The van der Waals surface area contributed by atoms with E-state index in [4.69, 9.17) is 21.1 Å². The number of methoxy groups -OCH3 is 2. The summed E-state index contributed by atoms with van der Waals surface area (Å²) >= 11 is 9.47. The van der Waals surface area contributed by atoms with Crippen LogP contribution >= 0.6 is 27.5 Å². The summed E-state index contributed by atoms with van der Waals surface area (Å²) in [6.07, 6.45) is 0. The number of ether oxygens (including phenoxy) is 2. The first-order valence-corrected chi connectivity index (χ1v) is 6.13.